The van der Waals surface area contributed by atoms with Gasteiger partial charge in [0.2, 0.25) is 5.91 Å². The van der Waals surface area contributed by atoms with Gasteiger partial charge in [-0.15, -0.1) is 0 Å². The Morgan fingerprint density at radius 2 is 1.80 bits per heavy atom. The number of carbonyl (C=O) groups is 1. The van der Waals surface area contributed by atoms with Gasteiger partial charge in [-0.05, 0) is 67.5 Å². The van der Waals surface area contributed by atoms with E-state index in [1.54, 1.807) is 18.6 Å². The van der Waals surface area contributed by atoms with Crippen LogP contribution in [0.1, 0.15) is 27.2 Å². The maximum Gasteiger partial charge on any atom is 0.224 e. The molecule has 0 aliphatic heterocycles. The molecule has 0 atom stereocenters. The first kappa shape index (κ1) is 29.8. The maximum atomic E-state index is 14.7. The number of halogens is 1. The Morgan fingerprint density at radius 3 is 2.60 bits per heavy atom. The summed E-state index contributed by atoms with van der Waals surface area (Å²) in [6, 6.07) is 12.3. The number of nitrogens with one attached hydrogen (secondary N) is 4. The fourth-order valence-electron chi connectivity index (χ4n) is 5.09. The third kappa shape index (κ3) is 6.80. The number of amides is 1. The van der Waals surface area contributed by atoms with Crippen LogP contribution in [0.3, 0.4) is 0 Å². The van der Waals surface area contributed by atoms with E-state index in [0.29, 0.717) is 63.8 Å². The van der Waals surface area contributed by atoms with E-state index < -0.39 is 0 Å². The molecular formula is C33H35FN10O. The molecule has 0 fully saturated rings. The topological polar surface area (TPSA) is 140 Å². The molecule has 0 spiro atoms. The molecule has 0 radical (unpaired) electrons. The van der Waals surface area contributed by atoms with Crippen molar-refractivity contribution in [2.75, 3.05) is 37.8 Å². The molecule has 0 saturated heterocycles. The molecule has 12 heteroatoms. The highest BCUT2D eigenvalue weighted by atomic mass is 19.1. The summed E-state index contributed by atoms with van der Waals surface area (Å²) in [5, 5.41) is 13.8. The average Bonchev–Trinajstić information content (AvgIpc) is 3.59. The molecule has 230 valence electrons. The number of rotatable bonds is 9. The summed E-state index contributed by atoms with van der Waals surface area (Å²) in [4.78, 5) is 36.4. The van der Waals surface area contributed by atoms with Crippen LogP contribution in [-0.2, 0) is 4.79 Å². The molecule has 4 N–H and O–H groups in total. The number of aromatic amines is 2. The van der Waals surface area contributed by atoms with Crippen molar-refractivity contribution in [1.82, 2.24) is 40.0 Å². The number of pyridine rings is 3. The number of anilines is 2. The van der Waals surface area contributed by atoms with E-state index >= 15 is 0 Å². The van der Waals surface area contributed by atoms with E-state index in [2.05, 4.69) is 40.7 Å². The summed E-state index contributed by atoms with van der Waals surface area (Å²) in [6.45, 7) is 7.56. The van der Waals surface area contributed by atoms with Crippen molar-refractivity contribution in [3.05, 3.63) is 66.9 Å². The second-order valence-corrected chi connectivity index (χ2v) is 12.5. The molecule has 0 aliphatic rings. The van der Waals surface area contributed by atoms with Gasteiger partial charge >= 0.3 is 0 Å². The van der Waals surface area contributed by atoms with Crippen LogP contribution in [0.15, 0.2) is 61.1 Å². The van der Waals surface area contributed by atoms with Crippen LogP contribution in [0.2, 0.25) is 0 Å². The zero-order valence-electron chi connectivity index (χ0n) is 25.9. The first-order chi connectivity index (χ1) is 21.5. The highest BCUT2D eigenvalue weighted by Gasteiger charge is 2.19. The van der Waals surface area contributed by atoms with Gasteiger partial charge in [0.25, 0.3) is 0 Å². The number of hydrogen-bond donors (Lipinski definition) is 4. The van der Waals surface area contributed by atoms with E-state index in [0.717, 1.165) is 23.2 Å². The third-order valence-corrected chi connectivity index (χ3v) is 7.12. The van der Waals surface area contributed by atoms with E-state index in [9.17, 15) is 9.18 Å². The van der Waals surface area contributed by atoms with Gasteiger partial charge in [-0.2, -0.15) is 5.10 Å². The molecule has 5 heterocycles. The van der Waals surface area contributed by atoms with E-state index in [-0.39, 0.29) is 17.1 Å². The number of H-pyrrole nitrogens is 2. The van der Waals surface area contributed by atoms with Crippen LogP contribution >= 0.6 is 0 Å². The van der Waals surface area contributed by atoms with E-state index in [4.69, 9.17) is 9.97 Å². The number of fused-ring (bicyclic) bond motifs is 2. The monoisotopic (exact) mass is 606 g/mol. The van der Waals surface area contributed by atoms with Crippen molar-refractivity contribution in [2.45, 2.75) is 27.2 Å². The Hall–Kier alpha value is -5.23. The molecule has 0 saturated carbocycles. The van der Waals surface area contributed by atoms with Crippen LogP contribution in [-0.4, -0.2) is 73.1 Å². The summed E-state index contributed by atoms with van der Waals surface area (Å²) in [5.74, 6) is 0.0562. The largest absolute Gasteiger partial charge is 0.384 e. The van der Waals surface area contributed by atoms with Crippen molar-refractivity contribution in [2.24, 2.45) is 5.41 Å². The van der Waals surface area contributed by atoms with Crippen molar-refractivity contribution >= 4 is 39.5 Å². The summed E-state index contributed by atoms with van der Waals surface area (Å²) in [5.41, 5.74) is 6.97. The molecule has 45 heavy (non-hydrogen) atoms. The fraction of sp³-hybridized carbons (Fsp3) is 0.273. The first-order valence-electron chi connectivity index (χ1n) is 14.7. The normalized spacial score (nSPS) is 11.9. The first-order valence-corrected chi connectivity index (χ1v) is 14.7. The number of hydrogen-bond acceptors (Lipinski definition) is 8. The SMILES string of the molecule is CN(C)CCNc1cc(F)cc(-c2ccnc3[nH]c(-c4n[nH]c5ccc(-c6cncc(NC(=O)CC(C)(C)C)c6)nc45)nc23)c1. The Morgan fingerprint density at radius 1 is 0.978 bits per heavy atom. The quantitative estimate of drug-likeness (QED) is 0.155. The van der Waals surface area contributed by atoms with Gasteiger partial charge in [0.15, 0.2) is 17.2 Å². The molecule has 6 rings (SSSR count). The molecule has 0 unspecified atom stereocenters. The Kier molecular flexibility index (Phi) is 7.98. The standard InChI is InChI=1S/C33H35FN10O/c1-33(2,3)16-27(45)38-23-14-20(17-35-18-23)25-6-7-26-29(39-25)30(43-42-26)32-40-28-24(8-9-37-31(28)41-32)19-12-21(34)15-22(13-19)36-10-11-44(4)5/h6-9,12-15,17-18,36H,10-11,16H2,1-5H3,(H,38,45)(H,42,43)(H,37,40,41). The minimum absolute atomic E-state index is 0.0742. The minimum Gasteiger partial charge on any atom is -0.384 e. The van der Waals surface area contributed by atoms with E-state index in [1.165, 1.54) is 12.1 Å². The van der Waals surface area contributed by atoms with Crippen LogP contribution in [0.5, 0.6) is 0 Å². The van der Waals surface area contributed by atoms with Crippen LogP contribution < -0.4 is 10.6 Å². The number of carbonyl (C=O) groups excluding carboxylic acids is 1. The number of benzene rings is 1. The van der Waals surface area contributed by atoms with Crippen molar-refractivity contribution in [1.29, 1.82) is 0 Å². The number of nitrogens with zero attached hydrogens (tertiary/aromatic N) is 6. The lowest BCUT2D eigenvalue weighted by Gasteiger charge is -2.17. The Balaban J connectivity index is 1.33. The van der Waals surface area contributed by atoms with E-state index in [1.807, 2.05) is 65.2 Å². The maximum absolute atomic E-state index is 14.7. The van der Waals surface area contributed by atoms with Gasteiger partial charge < -0.3 is 20.5 Å². The van der Waals surface area contributed by atoms with Gasteiger partial charge in [0, 0.05) is 48.7 Å². The zero-order valence-corrected chi connectivity index (χ0v) is 25.9. The van der Waals surface area contributed by atoms with Gasteiger partial charge in [-0.1, -0.05) is 20.8 Å². The van der Waals surface area contributed by atoms with Crippen molar-refractivity contribution in [3.63, 3.8) is 0 Å². The lowest BCUT2D eigenvalue weighted by atomic mass is 9.92. The molecule has 6 aromatic rings. The average molecular weight is 607 g/mol. The number of imidazole rings is 1. The highest BCUT2D eigenvalue weighted by Crippen LogP contribution is 2.33. The van der Waals surface area contributed by atoms with Gasteiger partial charge in [0.1, 0.15) is 16.9 Å². The highest BCUT2D eigenvalue weighted by molar-refractivity contribution is 5.95. The second kappa shape index (κ2) is 12.0. The van der Waals surface area contributed by atoms with Crippen molar-refractivity contribution < 1.29 is 9.18 Å². The molecule has 5 aromatic heterocycles. The molecule has 1 amide bonds. The van der Waals surface area contributed by atoms with Crippen LogP contribution in [0.4, 0.5) is 15.8 Å². The van der Waals surface area contributed by atoms with Gasteiger partial charge in [-0.3, -0.25) is 14.9 Å². The second-order valence-electron chi connectivity index (χ2n) is 12.5. The Bertz CT molecular complexity index is 2010. The van der Waals surface area contributed by atoms with Gasteiger partial charge in [-0.25, -0.2) is 19.3 Å². The fourth-order valence-corrected chi connectivity index (χ4v) is 5.09. The molecular weight excluding hydrogens is 571 g/mol. The minimum atomic E-state index is -0.345. The zero-order chi connectivity index (χ0) is 31.7. The molecule has 0 aliphatic carbocycles. The van der Waals surface area contributed by atoms with Crippen LogP contribution in [0.25, 0.3) is 56.1 Å². The smallest absolute Gasteiger partial charge is 0.224 e. The predicted molar refractivity (Wildman–Crippen MR) is 175 cm³/mol. The summed E-state index contributed by atoms with van der Waals surface area (Å²) >= 11 is 0. The third-order valence-electron chi connectivity index (χ3n) is 7.12. The lowest BCUT2D eigenvalue weighted by molar-refractivity contribution is -0.117. The molecule has 11 nitrogen and oxygen atoms in total. The summed E-state index contributed by atoms with van der Waals surface area (Å²) in [6.07, 6.45) is 5.38. The van der Waals surface area contributed by atoms with Crippen molar-refractivity contribution in [3.8, 4) is 33.9 Å². The van der Waals surface area contributed by atoms with Crippen LogP contribution in [0, 0.1) is 11.2 Å². The summed E-state index contributed by atoms with van der Waals surface area (Å²) < 4.78 is 14.7. The van der Waals surface area contributed by atoms with Gasteiger partial charge in [0.05, 0.1) is 23.1 Å². The molecule has 0 bridgehead atoms. The number of aromatic nitrogens is 7. The number of likely N-dealkylation sites (N-methyl/N-ethyl adjacent to an activating group) is 1. The molecule has 1 aromatic carbocycles. The predicted octanol–water partition coefficient (Wildman–Crippen LogP) is 6.11. The summed E-state index contributed by atoms with van der Waals surface area (Å²) in [7, 11) is 3.98. The lowest BCUT2D eigenvalue weighted by Crippen LogP contribution is -2.20. The Labute approximate surface area is 259 Å².